The highest BCUT2D eigenvalue weighted by molar-refractivity contribution is 14.0. The molecule has 0 radical (unpaired) electrons. The van der Waals surface area contributed by atoms with Gasteiger partial charge in [-0.05, 0) is 30.3 Å². The van der Waals surface area contributed by atoms with Gasteiger partial charge in [0, 0.05) is 51.1 Å². The number of benzene rings is 1. The summed E-state index contributed by atoms with van der Waals surface area (Å²) in [5, 5.41) is 5.73. The molecule has 2 aromatic rings. The summed E-state index contributed by atoms with van der Waals surface area (Å²) in [6, 6.07) is 8.91. The molecule has 28 heavy (non-hydrogen) atoms. The fourth-order valence-electron chi connectivity index (χ4n) is 2.33. The van der Waals surface area contributed by atoms with Gasteiger partial charge in [0.15, 0.2) is 5.96 Å². The van der Waals surface area contributed by atoms with Crippen molar-refractivity contribution in [3.8, 4) is 0 Å². The smallest absolute Gasteiger partial charge is 0.241 e. The van der Waals surface area contributed by atoms with E-state index < -0.39 is 11.6 Å². The Morgan fingerprint density at radius 1 is 1.21 bits per heavy atom. The topological polar surface area (TPSA) is 69.6 Å². The number of halogens is 3. The molecular weight excluding hydrogens is 479 g/mol. The van der Waals surface area contributed by atoms with Crippen LogP contribution in [0.3, 0.4) is 0 Å². The van der Waals surface area contributed by atoms with Crippen molar-refractivity contribution in [3.63, 3.8) is 0 Å². The number of nitrogens with zero attached hydrogens (tertiary/aromatic N) is 3. The fourth-order valence-corrected chi connectivity index (χ4v) is 2.33. The third-order valence-corrected chi connectivity index (χ3v) is 3.94. The van der Waals surface area contributed by atoms with E-state index in [4.69, 9.17) is 0 Å². The molecule has 2 N–H and O–H groups in total. The van der Waals surface area contributed by atoms with Gasteiger partial charge >= 0.3 is 0 Å². The Hall–Kier alpha value is -2.30. The summed E-state index contributed by atoms with van der Waals surface area (Å²) in [4.78, 5) is 22.0. The van der Waals surface area contributed by atoms with Crippen LogP contribution in [0.15, 0.2) is 47.6 Å². The number of carbonyl (C=O) groups excluding carboxylic acids is 1. The van der Waals surface area contributed by atoms with E-state index in [1.807, 2.05) is 18.2 Å². The molecule has 1 aromatic heterocycles. The van der Waals surface area contributed by atoms with Gasteiger partial charge < -0.3 is 15.5 Å². The van der Waals surface area contributed by atoms with E-state index in [1.165, 1.54) is 7.05 Å². The molecule has 0 bridgehead atoms. The van der Waals surface area contributed by atoms with Crippen LogP contribution < -0.4 is 10.6 Å². The average molecular weight is 503 g/mol. The van der Waals surface area contributed by atoms with Crippen LogP contribution in [0.25, 0.3) is 0 Å². The molecule has 152 valence electrons. The minimum Gasteiger partial charge on any atom is -0.352 e. The van der Waals surface area contributed by atoms with Crippen LogP contribution in [-0.4, -0.2) is 48.9 Å². The number of carbonyl (C=O) groups is 1. The largest absolute Gasteiger partial charge is 0.352 e. The van der Waals surface area contributed by atoms with Crippen LogP contribution in [0.4, 0.5) is 8.78 Å². The normalized spacial score (nSPS) is 10.8. The average Bonchev–Trinajstić information content (AvgIpc) is 2.69. The van der Waals surface area contributed by atoms with E-state index in [9.17, 15) is 13.6 Å². The summed E-state index contributed by atoms with van der Waals surface area (Å²) in [5.74, 6) is -0.818. The summed E-state index contributed by atoms with van der Waals surface area (Å²) in [7, 11) is 3.25. The Morgan fingerprint density at radius 2 is 2.00 bits per heavy atom. The van der Waals surface area contributed by atoms with E-state index in [1.54, 1.807) is 18.1 Å². The van der Waals surface area contributed by atoms with Gasteiger partial charge in [0.2, 0.25) is 5.91 Å². The predicted molar refractivity (Wildman–Crippen MR) is 116 cm³/mol. The first-order valence-corrected chi connectivity index (χ1v) is 8.52. The molecule has 6 nitrogen and oxygen atoms in total. The molecule has 1 amide bonds. The second-order valence-electron chi connectivity index (χ2n) is 5.90. The van der Waals surface area contributed by atoms with Gasteiger partial charge in [-0.3, -0.25) is 14.8 Å². The van der Waals surface area contributed by atoms with Crippen LogP contribution >= 0.6 is 24.0 Å². The fraction of sp³-hybridized carbons (Fsp3) is 0.316. The monoisotopic (exact) mass is 503 g/mol. The van der Waals surface area contributed by atoms with E-state index in [-0.39, 0.29) is 48.5 Å². The molecule has 0 unspecified atom stereocenters. The van der Waals surface area contributed by atoms with E-state index in [0.717, 1.165) is 23.9 Å². The molecule has 0 aliphatic heterocycles. The lowest BCUT2D eigenvalue weighted by molar-refractivity contribution is -0.128. The number of rotatable bonds is 7. The molecule has 1 heterocycles. The Labute approximate surface area is 180 Å². The minimum atomic E-state index is -0.513. The summed E-state index contributed by atoms with van der Waals surface area (Å²) in [6.45, 7) is 0.620. The zero-order valence-electron chi connectivity index (χ0n) is 15.8. The zero-order chi connectivity index (χ0) is 19.6. The van der Waals surface area contributed by atoms with Gasteiger partial charge in [-0.15, -0.1) is 24.0 Å². The Bertz CT molecular complexity index is 789. The lowest BCUT2D eigenvalue weighted by Gasteiger charge is -2.18. The molecule has 0 spiro atoms. The van der Waals surface area contributed by atoms with Crippen molar-refractivity contribution < 1.29 is 13.6 Å². The number of guanidine groups is 1. The number of nitrogens with one attached hydrogen (secondary N) is 2. The number of hydrogen-bond donors (Lipinski definition) is 2. The van der Waals surface area contributed by atoms with Gasteiger partial charge in [0.1, 0.15) is 11.6 Å². The van der Waals surface area contributed by atoms with Crippen molar-refractivity contribution in [1.82, 2.24) is 20.5 Å². The Kier molecular flexibility index (Phi) is 10.4. The van der Waals surface area contributed by atoms with Crippen molar-refractivity contribution in [2.75, 3.05) is 27.2 Å². The maximum atomic E-state index is 13.6. The highest BCUT2D eigenvalue weighted by atomic mass is 127. The molecule has 0 saturated heterocycles. The third-order valence-electron chi connectivity index (χ3n) is 3.94. The van der Waals surface area contributed by atoms with Crippen molar-refractivity contribution in [2.45, 2.75) is 13.0 Å². The standard InChI is InChI=1S/C19H23F2N5O.HI/c1-22-19(24-12-14-11-15(20)6-7-17(14)21)25-13-18(27)26(2)10-8-16-5-3-4-9-23-16;/h3-7,9,11H,8,10,12-13H2,1-2H3,(H2,22,24,25);1H. The van der Waals surface area contributed by atoms with E-state index in [2.05, 4.69) is 20.6 Å². The maximum absolute atomic E-state index is 13.6. The zero-order valence-corrected chi connectivity index (χ0v) is 18.1. The third kappa shape index (κ3) is 7.75. The lowest BCUT2D eigenvalue weighted by Crippen LogP contribution is -2.43. The second-order valence-corrected chi connectivity index (χ2v) is 5.90. The molecule has 9 heteroatoms. The number of hydrogen-bond acceptors (Lipinski definition) is 3. The number of aromatic nitrogens is 1. The highest BCUT2D eigenvalue weighted by Gasteiger charge is 2.10. The summed E-state index contributed by atoms with van der Waals surface area (Å²) >= 11 is 0. The van der Waals surface area contributed by atoms with Crippen LogP contribution in [0.1, 0.15) is 11.3 Å². The molecule has 2 rings (SSSR count). The molecule has 1 aromatic carbocycles. The molecular formula is C19H24F2IN5O. The number of pyridine rings is 1. The Balaban J connectivity index is 0.00000392. The first-order chi connectivity index (χ1) is 13.0. The lowest BCUT2D eigenvalue weighted by atomic mass is 10.2. The van der Waals surface area contributed by atoms with Crippen molar-refractivity contribution in [3.05, 3.63) is 65.5 Å². The van der Waals surface area contributed by atoms with Crippen molar-refractivity contribution >= 4 is 35.8 Å². The quantitative estimate of drug-likeness (QED) is 0.346. The first kappa shape index (κ1) is 23.7. The van der Waals surface area contributed by atoms with Gasteiger partial charge in [0.05, 0.1) is 6.54 Å². The van der Waals surface area contributed by atoms with Crippen LogP contribution in [0.2, 0.25) is 0 Å². The van der Waals surface area contributed by atoms with Gasteiger partial charge in [-0.25, -0.2) is 8.78 Å². The second kappa shape index (κ2) is 12.2. The molecule has 0 atom stereocenters. The minimum absolute atomic E-state index is 0. The van der Waals surface area contributed by atoms with E-state index >= 15 is 0 Å². The van der Waals surface area contributed by atoms with Gasteiger partial charge in [0.25, 0.3) is 0 Å². The van der Waals surface area contributed by atoms with E-state index in [0.29, 0.717) is 18.9 Å². The maximum Gasteiger partial charge on any atom is 0.241 e. The SMILES string of the molecule is CN=C(NCC(=O)N(C)CCc1ccccn1)NCc1cc(F)ccc1F.I. The predicted octanol–water partition coefficient (Wildman–Crippen LogP) is 2.34. The highest BCUT2D eigenvalue weighted by Crippen LogP contribution is 2.09. The van der Waals surface area contributed by atoms with Crippen LogP contribution in [0.5, 0.6) is 0 Å². The first-order valence-electron chi connectivity index (χ1n) is 8.52. The number of likely N-dealkylation sites (N-methyl/N-ethyl adjacent to an activating group) is 1. The summed E-state index contributed by atoms with van der Waals surface area (Å²) in [6.07, 6.45) is 2.38. The summed E-state index contributed by atoms with van der Waals surface area (Å²) < 4.78 is 26.8. The molecule has 0 aliphatic carbocycles. The van der Waals surface area contributed by atoms with Crippen LogP contribution in [-0.2, 0) is 17.8 Å². The summed E-state index contributed by atoms with van der Waals surface area (Å²) in [5.41, 5.74) is 1.09. The number of aliphatic imine (C=N–C) groups is 1. The van der Waals surface area contributed by atoms with Crippen LogP contribution in [0, 0.1) is 11.6 Å². The van der Waals surface area contributed by atoms with Gasteiger partial charge in [-0.2, -0.15) is 0 Å². The number of amides is 1. The molecule has 0 fully saturated rings. The van der Waals surface area contributed by atoms with Gasteiger partial charge in [-0.1, -0.05) is 6.07 Å². The Morgan fingerprint density at radius 3 is 2.68 bits per heavy atom. The van der Waals surface area contributed by atoms with Crippen molar-refractivity contribution in [1.29, 1.82) is 0 Å². The molecule has 0 saturated carbocycles. The van der Waals surface area contributed by atoms with Crippen molar-refractivity contribution in [2.24, 2.45) is 4.99 Å². The molecule has 0 aliphatic rings.